The average Bonchev–Trinajstić information content (AvgIpc) is 3.08. The van der Waals surface area contributed by atoms with Crippen molar-refractivity contribution in [3.8, 4) is 0 Å². The summed E-state index contributed by atoms with van der Waals surface area (Å²) in [7, 11) is 0. The van der Waals surface area contributed by atoms with Crippen LogP contribution in [0.15, 0.2) is 53.1 Å². The van der Waals surface area contributed by atoms with Gasteiger partial charge in [0.15, 0.2) is 5.78 Å². The van der Waals surface area contributed by atoms with Crippen molar-refractivity contribution in [1.29, 1.82) is 0 Å². The van der Waals surface area contributed by atoms with Crippen LogP contribution in [0.4, 0.5) is 0 Å². The molecular formula is C19H20O3. The third-order valence-electron chi connectivity index (χ3n) is 4.50. The largest absolute Gasteiger partial charge is 0.469 e. The molecule has 0 radical (unpaired) electrons. The summed E-state index contributed by atoms with van der Waals surface area (Å²) in [5.74, 6) is 0.862. The van der Waals surface area contributed by atoms with E-state index in [0.29, 0.717) is 18.4 Å². The highest BCUT2D eigenvalue weighted by Crippen LogP contribution is 2.37. The highest BCUT2D eigenvalue weighted by atomic mass is 16.3. The maximum atomic E-state index is 12.5. The summed E-state index contributed by atoms with van der Waals surface area (Å²) in [4.78, 5) is 24.8. The molecule has 3 heteroatoms. The number of ketones is 2. The van der Waals surface area contributed by atoms with Crippen LogP contribution in [0.3, 0.4) is 0 Å². The summed E-state index contributed by atoms with van der Waals surface area (Å²) in [6.07, 6.45) is 5.43. The molecule has 0 N–H and O–H groups in total. The minimum atomic E-state index is -0.143. The van der Waals surface area contributed by atoms with Crippen molar-refractivity contribution in [2.24, 2.45) is 5.92 Å². The number of carbonyl (C=O) groups excluding carboxylic acids is 2. The molecule has 1 aromatic carbocycles. The number of rotatable bonds is 5. The topological polar surface area (TPSA) is 47.3 Å². The molecule has 2 aromatic rings. The van der Waals surface area contributed by atoms with E-state index in [1.165, 1.54) is 0 Å². The van der Waals surface area contributed by atoms with Crippen LogP contribution >= 0.6 is 0 Å². The monoisotopic (exact) mass is 296 g/mol. The van der Waals surface area contributed by atoms with Gasteiger partial charge in [0.2, 0.25) is 0 Å². The van der Waals surface area contributed by atoms with Crippen LogP contribution in [-0.2, 0) is 4.79 Å². The number of benzene rings is 1. The molecule has 0 spiro atoms. The maximum absolute atomic E-state index is 12.5. The van der Waals surface area contributed by atoms with Crippen LogP contribution in [0, 0.1) is 5.92 Å². The van der Waals surface area contributed by atoms with E-state index in [-0.39, 0.29) is 23.4 Å². The fourth-order valence-corrected chi connectivity index (χ4v) is 3.32. The highest BCUT2D eigenvalue weighted by Gasteiger charge is 2.34. The van der Waals surface area contributed by atoms with E-state index in [0.717, 1.165) is 25.0 Å². The fraction of sp³-hybridized carbons (Fsp3) is 0.368. The second kappa shape index (κ2) is 6.73. The molecule has 1 aliphatic rings. The second-order valence-corrected chi connectivity index (χ2v) is 5.93. The number of hydrogen-bond acceptors (Lipinski definition) is 3. The van der Waals surface area contributed by atoms with Crippen LogP contribution in [0.1, 0.15) is 54.1 Å². The van der Waals surface area contributed by atoms with Gasteiger partial charge in [-0.3, -0.25) is 9.59 Å². The van der Waals surface area contributed by atoms with E-state index < -0.39 is 0 Å². The number of hydrogen-bond donors (Lipinski definition) is 0. The Balaban J connectivity index is 1.83. The first-order chi connectivity index (χ1) is 10.8. The van der Waals surface area contributed by atoms with Gasteiger partial charge in [-0.25, -0.2) is 0 Å². The number of Topliss-reactive ketones (excluding diaryl/α,β-unsaturated/α-hetero) is 2. The molecule has 3 nitrogen and oxygen atoms in total. The van der Waals surface area contributed by atoms with Crippen molar-refractivity contribution in [2.75, 3.05) is 0 Å². The lowest BCUT2D eigenvalue weighted by atomic mass is 9.75. The van der Waals surface area contributed by atoms with E-state index in [1.54, 1.807) is 6.26 Å². The van der Waals surface area contributed by atoms with Crippen LogP contribution in [0.2, 0.25) is 0 Å². The van der Waals surface area contributed by atoms with Gasteiger partial charge in [0.05, 0.1) is 6.26 Å². The lowest BCUT2D eigenvalue weighted by Gasteiger charge is -2.27. The average molecular weight is 296 g/mol. The molecule has 1 aromatic heterocycles. The summed E-state index contributed by atoms with van der Waals surface area (Å²) in [5.41, 5.74) is 0.697. The van der Waals surface area contributed by atoms with Gasteiger partial charge in [0.25, 0.3) is 0 Å². The lowest BCUT2D eigenvalue weighted by molar-refractivity contribution is -0.125. The molecule has 0 saturated heterocycles. The molecule has 0 aliphatic heterocycles. The molecule has 0 bridgehead atoms. The zero-order valence-electron chi connectivity index (χ0n) is 12.5. The molecule has 3 rings (SSSR count). The van der Waals surface area contributed by atoms with Crippen LogP contribution in [0.5, 0.6) is 0 Å². The normalized spacial score (nSPS) is 19.8. The van der Waals surface area contributed by atoms with Crippen molar-refractivity contribution >= 4 is 11.6 Å². The SMILES string of the molecule is O=C(C[C@@H](c1ccco1)[C@H]1CCCCC1=O)c1ccccc1. The number of furan rings is 1. The van der Waals surface area contributed by atoms with Gasteiger partial charge in [-0.1, -0.05) is 36.8 Å². The zero-order valence-corrected chi connectivity index (χ0v) is 12.5. The minimum Gasteiger partial charge on any atom is -0.469 e. The summed E-state index contributed by atoms with van der Waals surface area (Å²) in [6.45, 7) is 0. The molecule has 114 valence electrons. The van der Waals surface area contributed by atoms with Gasteiger partial charge in [-0.05, 0) is 25.0 Å². The van der Waals surface area contributed by atoms with E-state index in [2.05, 4.69) is 0 Å². The highest BCUT2D eigenvalue weighted by molar-refractivity contribution is 5.97. The molecule has 1 heterocycles. The van der Waals surface area contributed by atoms with Crippen LogP contribution in [-0.4, -0.2) is 11.6 Å². The Labute approximate surface area is 130 Å². The standard InChI is InChI=1S/C19H20O3/c20-17-10-5-4-9-15(17)16(19-11-6-12-22-19)13-18(21)14-7-2-1-3-8-14/h1-3,6-8,11-12,15-16H,4-5,9-10,13H2/t15-,16-/m1/s1. The third kappa shape index (κ3) is 3.19. The van der Waals surface area contributed by atoms with E-state index in [4.69, 9.17) is 4.42 Å². The molecule has 1 fully saturated rings. The first-order valence-corrected chi connectivity index (χ1v) is 7.90. The Morgan fingerprint density at radius 2 is 1.95 bits per heavy atom. The van der Waals surface area contributed by atoms with Crippen molar-refractivity contribution in [2.45, 2.75) is 38.0 Å². The van der Waals surface area contributed by atoms with Gasteiger partial charge in [-0.2, -0.15) is 0 Å². The second-order valence-electron chi connectivity index (χ2n) is 5.93. The molecule has 0 amide bonds. The van der Waals surface area contributed by atoms with Crippen molar-refractivity contribution in [3.63, 3.8) is 0 Å². The summed E-state index contributed by atoms with van der Waals surface area (Å²) < 4.78 is 5.53. The summed E-state index contributed by atoms with van der Waals surface area (Å²) >= 11 is 0. The van der Waals surface area contributed by atoms with Crippen molar-refractivity contribution in [3.05, 3.63) is 60.1 Å². The Morgan fingerprint density at radius 3 is 2.64 bits per heavy atom. The summed E-state index contributed by atoms with van der Waals surface area (Å²) in [6, 6.07) is 13.0. The Hall–Kier alpha value is -2.16. The zero-order chi connectivity index (χ0) is 15.4. The van der Waals surface area contributed by atoms with Gasteiger partial charge < -0.3 is 4.42 Å². The Morgan fingerprint density at radius 1 is 1.14 bits per heavy atom. The van der Waals surface area contributed by atoms with Crippen molar-refractivity contribution < 1.29 is 14.0 Å². The molecule has 1 aliphatic carbocycles. The predicted molar refractivity (Wildman–Crippen MR) is 83.8 cm³/mol. The Kier molecular flexibility index (Phi) is 4.52. The number of carbonyl (C=O) groups is 2. The maximum Gasteiger partial charge on any atom is 0.163 e. The van der Waals surface area contributed by atoms with E-state index in [9.17, 15) is 9.59 Å². The van der Waals surface area contributed by atoms with Crippen molar-refractivity contribution in [1.82, 2.24) is 0 Å². The van der Waals surface area contributed by atoms with Gasteiger partial charge in [0, 0.05) is 30.2 Å². The van der Waals surface area contributed by atoms with Gasteiger partial charge in [-0.15, -0.1) is 0 Å². The van der Waals surface area contributed by atoms with E-state index >= 15 is 0 Å². The van der Waals surface area contributed by atoms with Gasteiger partial charge >= 0.3 is 0 Å². The summed E-state index contributed by atoms with van der Waals surface area (Å²) in [5, 5.41) is 0. The Bertz CT molecular complexity index is 628. The third-order valence-corrected chi connectivity index (χ3v) is 4.50. The lowest BCUT2D eigenvalue weighted by Crippen LogP contribution is -2.27. The van der Waals surface area contributed by atoms with Gasteiger partial charge in [0.1, 0.15) is 11.5 Å². The molecular weight excluding hydrogens is 276 g/mol. The molecule has 0 unspecified atom stereocenters. The smallest absolute Gasteiger partial charge is 0.163 e. The fourth-order valence-electron chi connectivity index (χ4n) is 3.32. The van der Waals surface area contributed by atoms with Crippen LogP contribution < -0.4 is 0 Å². The first kappa shape index (κ1) is 14.8. The minimum absolute atomic E-state index is 0.0698. The molecule has 22 heavy (non-hydrogen) atoms. The van der Waals surface area contributed by atoms with E-state index in [1.807, 2.05) is 42.5 Å². The van der Waals surface area contributed by atoms with Crippen LogP contribution in [0.25, 0.3) is 0 Å². The quantitative estimate of drug-likeness (QED) is 0.768. The molecule has 1 saturated carbocycles. The predicted octanol–water partition coefficient (Wildman–Crippen LogP) is 4.40. The molecule has 2 atom stereocenters. The first-order valence-electron chi connectivity index (χ1n) is 7.90.